The van der Waals surface area contributed by atoms with Crippen LogP contribution in [0.25, 0.3) is 0 Å². The van der Waals surface area contributed by atoms with Crippen molar-refractivity contribution in [1.29, 1.82) is 0 Å². The number of rotatable bonds is 8. The molecule has 1 aliphatic heterocycles. The molecule has 8 heteroatoms. The highest BCUT2D eigenvalue weighted by molar-refractivity contribution is 7.14. The van der Waals surface area contributed by atoms with E-state index in [0.29, 0.717) is 39.9 Å². The Bertz CT molecular complexity index is 1260. The average molecular weight is 479 g/mol. The summed E-state index contributed by atoms with van der Waals surface area (Å²) in [6.07, 6.45) is 0.880. The SMILES string of the molecule is CCCOc1ccc(C2C(C(=O)c3sc(C)nc3C)=C(O)C(=O)N2c2cccc(OC)c2)cc1. The number of Topliss-reactive ketones (excluding diaryl/α,β-unsaturated/α-hetero) is 1. The molecule has 0 bridgehead atoms. The summed E-state index contributed by atoms with van der Waals surface area (Å²) in [6.45, 7) is 6.18. The van der Waals surface area contributed by atoms with Crippen LogP contribution in [0.1, 0.15) is 45.3 Å². The number of ether oxygens (including phenoxy) is 2. The third kappa shape index (κ3) is 4.28. The highest BCUT2D eigenvalue weighted by atomic mass is 32.1. The molecular formula is C26H26N2O5S. The lowest BCUT2D eigenvalue weighted by Crippen LogP contribution is -2.31. The normalized spacial score (nSPS) is 15.7. The Labute approximate surface area is 202 Å². The van der Waals surface area contributed by atoms with Crippen molar-refractivity contribution in [2.24, 2.45) is 0 Å². The van der Waals surface area contributed by atoms with Gasteiger partial charge < -0.3 is 14.6 Å². The summed E-state index contributed by atoms with van der Waals surface area (Å²) in [5.74, 6) is -0.365. The van der Waals surface area contributed by atoms with E-state index in [1.165, 1.54) is 23.3 Å². The van der Waals surface area contributed by atoms with E-state index in [1.54, 1.807) is 43.3 Å². The lowest BCUT2D eigenvalue weighted by molar-refractivity contribution is -0.117. The van der Waals surface area contributed by atoms with Gasteiger partial charge in [0, 0.05) is 11.8 Å². The smallest absolute Gasteiger partial charge is 0.294 e. The predicted octanol–water partition coefficient (Wildman–Crippen LogP) is 5.34. The maximum atomic E-state index is 13.7. The predicted molar refractivity (Wildman–Crippen MR) is 131 cm³/mol. The second-order valence-electron chi connectivity index (χ2n) is 7.94. The van der Waals surface area contributed by atoms with E-state index in [-0.39, 0.29) is 5.57 Å². The summed E-state index contributed by atoms with van der Waals surface area (Å²) in [5, 5.41) is 11.7. The number of carbonyl (C=O) groups is 2. The standard InChI is InChI=1S/C26H26N2O5S/c1-5-13-33-19-11-9-17(10-12-19)22-21(23(29)25-15(2)27-16(3)34-25)24(30)26(31)28(22)18-7-6-8-20(14-18)32-4/h6-12,14,22,30H,5,13H2,1-4H3. The maximum absolute atomic E-state index is 13.7. The fraction of sp³-hybridized carbons (Fsp3) is 0.269. The Kier molecular flexibility index (Phi) is 6.70. The van der Waals surface area contributed by atoms with Gasteiger partial charge in [0.25, 0.3) is 5.91 Å². The lowest BCUT2D eigenvalue weighted by Gasteiger charge is -2.27. The second-order valence-corrected chi connectivity index (χ2v) is 9.14. The monoisotopic (exact) mass is 478 g/mol. The number of thiazole rings is 1. The van der Waals surface area contributed by atoms with Gasteiger partial charge in [-0.25, -0.2) is 4.98 Å². The van der Waals surface area contributed by atoms with Gasteiger partial charge in [0.15, 0.2) is 5.76 Å². The van der Waals surface area contributed by atoms with E-state index >= 15 is 0 Å². The largest absolute Gasteiger partial charge is 0.503 e. The fourth-order valence-corrected chi connectivity index (χ4v) is 4.88. The van der Waals surface area contributed by atoms with Crippen LogP contribution in [-0.4, -0.2) is 35.5 Å². The molecular weight excluding hydrogens is 452 g/mol. The Morgan fingerprint density at radius 3 is 2.50 bits per heavy atom. The number of hydrogen-bond donors (Lipinski definition) is 1. The third-order valence-corrected chi connectivity index (χ3v) is 6.63. The molecule has 1 N–H and O–H groups in total. The van der Waals surface area contributed by atoms with Gasteiger partial charge in [-0.15, -0.1) is 11.3 Å². The van der Waals surface area contributed by atoms with E-state index in [0.717, 1.165) is 11.4 Å². The Hall–Kier alpha value is -3.65. The van der Waals surface area contributed by atoms with Gasteiger partial charge in [0.1, 0.15) is 11.5 Å². The first-order chi connectivity index (χ1) is 16.3. The first-order valence-electron chi connectivity index (χ1n) is 11.0. The topological polar surface area (TPSA) is 89.0 Å². The van der Waals surface area contributed by atoms with Crippen LogP contribution in [0.15, 0.2) is 59.9 Å². The summed E-state index contributed by atoms with van der Waals surface area (Å²) in [5.41, 5.74) is 1.78. The lowest BCUT2D eigenvalue weighted by atomic mass is 9.94. The number of amides is 1. The van der Waals surface area contributed by atoms with Gasteiger partial charge in [-0.05, 0) is 50.1 Å². The minimum Gasteiger partial charge on any atom is -0.503 e. The van der Waals surface area contributed by atoms with Crippen molar-refractivity contribution in [3.8, 4) is 11.5 Å². The molecule has 0 aliphatic carbocycles. The van der Waals surface area contributed by atoms with Gasteiger partial charge in [-0.2, -0.15) is 0 Å². The number of methoxy groups -OCH3 is 1. The van der Waals surface area contributed by atoms with Gasteiger partial charge in [-0.1, -0.05) is 25.1 Å². The van der Waals surface area contributed by atoms with Crippen LogP contribution in [0.2, 0.25) is 0 Å². The van der Waals surface area contributed by atoms with Crippen LogP contribution in [-0.2, 0) is 4.79 Å². The number of hydrogen-bond acceptors (Lipinski definition) is 7. The molecule has 2 aromatic carbocycles. The number of nitrogens with zero attached hydrogens (tertiary/aromatic N) is 2. The molecule has 0 saturated carbocycles. The van der Waals surface area contributed by atoms with E-state index in [2.05, 4.69) is 4.98 Å². The zero-order chi connectivity index (χ0) is 24.4. The number of aliphatic hydroxyl groups excluding tert-OH is 1. The summed E-state index contributed by atoms with van der Waals surface area (Å²) < 4.78 is 11.0. The molecule has 0 spiro atoms. The highest BCUT2D eigenvalue weighted by Gasteiger charge is 2.45. The molecule has 176 valence electrons. The minimum absolute atomic E-state index is 0.0294. The number of aromatic nitrogens is 1. The van der Waals surface area contributed by atoms with Crippen LogP contribution in [0.3, 0.4) is 0 Å². The number of ketones is 1. The molecule has 0 saturated heterocycles. The number of benzene rings is 2. The van der Waals surface area contributed by atoms with Crippen LogP contribution < -0.4 is 14.4 Å². The van der Waals surface area contributed by atoms with Crippen LogP contribution in [0.5, 0.6) is 11.5 Å². The molecule has 1 atom stereocenters. The number of carbonyl (C=O) groups excluding carboxylic acids is 2. The summed E-state index contributed by atoms with van der Waals surface area (Å²) in [4.78, 5) is 33.2. The molecule has 1 aliphatic rings. The fourth-order valence-electron chi connectivity index (χ4n) is 4.01. The summed E-state index contributed by atoms with van der Waals surface area (Å²) in [6, 6.07) is 13.4. The van der Waals surface area contributed by atoms with Crippen molar-refractivity contribution < 1.29 is 24.2 Å². The number of anilines is 1. The van der Waals surface area contributed by atoms with Crippen molar-refractivity contribution in [2.45, 2.75) is 33.2 Å². The van der Waals surface area contributed by atoms with Crippen molar-refractivity contribution in [2.75, 3.05) is 18.6 Å². The van der Waals surface area contributed by atoms with Crippen LogP contribution in [0.4, 0.5) is 5.69 Å². The Morgan fingerprint density at radius 1 is 1.15 bits per heavy atom. The number of aliphatic hydroxyl groups is 1. The van der Waals surface area contributed by atoms with Crippen molar-refractivity contribution >= 4 is 28.7 Å². The van der Waals surface area contributed by atoms with Gasteiger partial charge in [0.2, 0.25) is 5.78 Å². The molecule has 7 nitrogen and oxygen atoms in total. The van der Waals surface area contributed by atoms with Gasteiger partial charge in [-0.3, -0.25) is 14.5 Å². The van der Waals surface area contributed by atoms with Crippen molar-refractivity contribution in [1.82, 2.24) is 4.98 Å². The Morgan fingerprint density at radius 2 is 1.88 bits per heavy atom. The molecule has 0 fully saturated rings. The third-order valence-electron chi connectivity index (χ3n) is 5.56. The first kappa shape index (κ1) is 23.5. The first-order valence-corrected chi connectivity index (χ1v) is 11.8. The minimum atomic E-state index is -0.825. The van der Waals surface area contributed by atoms with Crippen LogP contribution in [0, 0.1) is 13.8 Å². The second kappa shape index (κ2) is 9.69. The summed E-state index contributed by atoms with van der Waals surface area (Å²) in [7, 11) is 1.54. The molecule has 1 amide bonds. The van der Waals surface area contributed by atoms with Gasteiger partial charge >= 0.3 is 0 Å². The molecule has 1 unspecified atom stereocenters. The van der Waals surface area contributed by atoms with E-state index in [9.17, 15) is 14.7 Å². The molecule has 0 radical (unpaired) electrons. The zero-order valence-electron chi connectivity index (χ0n) is 19.5. The summed E-state index contributed by atoms with van der Waals surface area (Å²) >= 11 is 1.25. The van der Waals surface area contributed by atoms with E-state index in [1.807, 2.05) is 26.0 Å². The molecule has 2 heterocycles. The number of aryl methyl sites for hydroxylation is 2. The quantitative estimate of drug-likeness (QED) is 0.440. The van der Waals surface area contributed by atoms with Crippen LogP contribution >= 0.6 is 11.3 Å². The van der Waals surface area contributed by atoms with Gasteiger partial charge in [0.05, 0.1) is 40.9 Å². The van der Waals surface area contributed by atoms with Crippen molar-refractivity contribution in [3.05, 3.63) is 81.0 Å². The zero-order valence-corrected chi connectivity index (χ0v) is 20.3. The highest BCUT2D eigenvalue weighted by Crippen LogP contribution is 2.43. The molecule has 34 heavy (non-hydrogen) atoms. The molecule has 1 aromatic heterocycles. The maximum Gasteiger partial charge on any atom is 0.294 e. The van der Waals surface area contributed by atoms with E-state index < -0.39 is 23.5 Å². The molecule has 4 rings (SSSR count). The van der Waals surface area contributed by atoms with Crippen molar-refractivity contribution in [3.63, 3.8) is 0 Å². The van der Waals surface area contributed by atoms with E-state index in [4.69, 9.17) is 9.47 Å². The molecule has 3 aromatic rings. The Balaban J connectivity index is 1.83. The average Bonchev–Trinajstić information content (AvgIpc) is 3.32.